The van der Waals surface area contributed by atoms with E-state index in [4.69, 9.17) is 0 Å². The van der Waals surface area contributed by atoms with Crippen LogP contribution in [-0.2, 0) is 24.9 Å². The van der Waals surface area contributed by atoms with Crippen LogP contribution in [-0.4, -0.2) is 40.0 Å². The van der Waals surface area contributed by atoms with Crippen LogP contribution < -0.4 is 10.9 Å². The maximum Gasteiger partial charge on any atom is 0.266 e. The van der Waals surface area contributed by atoms with E-state index in [-0.39, 0.29) is 18.0 Å². The number of hydrogen-bond acceptors (Lipinski definition) is 6. The van der Waals surface area contributed by atoms with Gasteiger partial charge in [0.2, 0.25) is 5.91 Å². The molecule has 10 nitrogen and oxygen atoms in total. The van der Waals surface area contributed by atoms with Crippen molar-refractivity contribution in [3.8, 4) is 0 Å². The lowest BCUT2D eigenvalue weighted by molar-refractivity contribution is -0.116. The summed E-state index contributed by atoms with van der Waals surface area (Å²) in [6.07, 6.45) is 4.40. The molecule has 4 aromatic rings. The van der Waals surface area contributed by atoms with Crippen LogP contribution in [0.25, 0.3) is 11.0 Å². The summed E-state index contributed by atoms with van der Waals surface area (Å²) in [5, 5.41) is 11.4. The Bertz CT molecular complexity index is 1210. The van der Waals surface area contributed by atoms with E-state index in [0.717, 1.165) is 5.56 Å². The van der Waals surface area contributed by atoms with Crippen LogP contribution in [0.3, 0.4) is 0 Å². The number of carbonyl (C=O) groups excluding carboxylic acids is 1. The van der Waals surface area contributed by atoms with Crippen LogP contribution in [0.5, 0.6) is 0 Å². The van der Waals surface area contributed by atoms with Gasteiger partial charge in [0.05, 0.1) is 6.54 Å². The Morgan fingerprint density at radius 2 is 2.07 bits per heavy atom. The predicted octanol–water partition coefficient (Wildman–Crippen LogP) is 1.17. The highest BCUT2D eigenvalue weighted by Crippen LogP contribution is 2.18. The number of amides is 1. The summed E-state index contributed by atoms with van der Waals surface area (Å²) >= 11 is 3.26. The van der Waals surface area contributed by atoms with E-state index in [9.17, 15) is 9.59 Å². The monoisotopic (exact) mass is 442 g/mol. The molecular weight excluding hydrogens is 428 g/mol. The maximum atomic E-state index is 12.7. The minimum Gasteiger partial charge on any atom is -0.324 e. The molecule has 0 aliphatic carbocycles. The SMILES string of the molecule is Cn1nc(Br)c2c(=O)n(CC(=O)Nc3ccccc3Cn3cncn3)cnc21. The van der Waals surface area contributed by atoms with Gasteiger partial charge >= 0.3 is 0 Å². The first-order chi connectivity index (χ1) is 13.5. The molecule has 142 valence electrons. The van der Waals surface area contributed by atoms with Gasteiger partial charge in [-0.1, -0.05) is 18.2 Å². The van der Waals surface area contributed by atoms with Crippen molar-refractivity contribution in [2.75, 3.05) is 5.32 Å². The first-order valence-electron chi connectivity index (χ1n) is 8.30. The Kier molecular flexibility index (Phi) is 4.74. The van der Waals surface area contributed by atoms with E-state index in [1.807, 2.05) is 18.2 Å². The third kappa shape index (κ3) is 3.43. The Labute approximate surface area is 167 Å². The largest absolute Gasteiger partial charge is 0.324 e. The van der Waals surface area contributed by atoms with Gasteiger partial charge in [0.25, 0.3) is 5.56 Å². The third-order valence-corrected chi connectivity index (χ3v) is 4.73. The molecule has 4 rings (SSSR count). The average molecular weight is 443 g/mol. The number of nitrogens with one attached hydrogen (secondary N) is 1. The molecule has 1 N–H and O–H groups in total. The zero-order valence-corrected chi connectivity index (χ0v) is 16.4. The molecule has 0 radical (unpaired) electrons. The predicted molar refractivity (Wildman–Crippen MR) is 105 cm³/mol. The van der Waals surface area contributed by atoms with Crippen LogP contribution in [0.2, 0.25) is 0 Å². The van der Waals surface area contributed by atoms with Crippen LogP contribution in [0.15, 0.2) is 52.6 Å². The first-order valence-corrected chi connectivity index (χ1v) is 9.10. The summed E-state index contributed by atoms with van der Waals surface area (Å²) in [4.78, 5) is 33.4. The summed E-state index contributed by atoms with van der Waals surface area (Å²) in [5.41, 5.74) is 1.63. The maximum absolute atomic E-state index is 12.7. The number of fused-ring (bicyclic) bond motifs is 1. The van der Waals surface area contributed by atoms with E-state index in [1.165, 1.54) is 21.9 Å². The number of rotatable bonds is 5. The van der Waals surface area contributed by atoms with Crippen molar-refractivity contribution < 1.29 is 4.79 Å². The number of para-hydroxylation sites is 1. The van der Waals surface area contributed by atoms with Gasteiger partial charge in [0.1, 0.15) is 35.5 Å². The minimum atomic E-state index is -0.339. The van der Waals surface area contributed by atoms with Crippen molar-refractivity contribution >= 4 is 38.6 Å². The molecule has 3 aromatic heterocycles. The molecule has 11 heteroatoms. The van der Waals surface area contributed by atoms with Gasteiger partial charge in [-0.2, -0.15) is 10.2 Å². The molecular formula is C17H15BrN8O2. The highest BCUT2D eigenvalue weighted by molar-refractivity contribution is 9.10. The molecule has 1 aromatic carbocycles. The van der Waals surface area contributed by atoms with Crippen molar-refractivity contribution in [2.45, 2.75) is 13.1 Å². The second kappa shape index (κ2) is 7.35. The fourth-order valence-corrected chi connectivity index (χ4v) is 3.45. The zero-order chi connectivity index (χ0) is 19.7. The van der Waals surface area contributed by atoms with Crippen LogP contribution in [0.4, 0.5) is 5.69 Å². The van der Waals surface area contributed by atoms with E-state index < -0.39 is 0 Å². The van der Waals surface area contributed by atoms with Crippen molar-refractivity contribution in [3.05, 3.63) is 63.8 Å². The molecule has 1 amide bonds. The summed E-state index contributed by atoms with van der Waals surface area (Å²) in [6.45, 7) is 0.299. The van der Waals surface area contributed by atoms with Crippen LogP contribution in [0.1, 0.15) is 5.56 Å². The Morgan fingerprint density at radius 1 is 1.25 bits per heavy atom. The van der Waals surface area contributed by atoms with Crippen molar-refractivity contribution in [2.24, 2.45) is 7.05 Å². The molecule has 0 atom stereocenters. The average Bonchev–Trinajstić information content (AvgIpc) is 3.27. The highest BCUT2D eigenvalue weighted by Gasteiger charge is 2.15. The molecule has 0 aliphatic heterocycles. The van der Waals surface area contributed by atoms with Gasteiger partial charge in [-0.25, -0.2) is 19.3 Å². The number of anilines is 1. The minimum absolute atomic E-state index is 0.166. The molecule has 0 bridgehead atoms. The van der Waals surface area contributed by atoms with E-state index in [1.54, 1.807) is 24.1 Å². The van der Waals surface area contributed by atoms with Gasteiger partial charge in [-0.15, -0.1) is 0 Å². The number of hydrogen-bond donors (Lipinski definition) is 1. The topological polar surface area (TPSA) is 113 Å². The first kappa shape index (κ1) is 18.0. The Balaban J connectivity index is 1.56. The van der Waals surface area contributed by atoms with Gasteiger partial charge in [0, 0.05) is 12.7 Å². The standard InChI is InChI=1S/C17H15BrN8O2/c1-24-16-14(15(18)23-24)17(28)25(10-20-16)7-13(27)22-12-5-3-2-4-11(12)6-26-9-19-8-21-26/h2-5,8-10H,6-7H2,1H3,(H,22,27). The summed E-state index contributed by atoms with van der Waals surface area (Å²) in [7, 11) is 1.70. The fourth-order valence-electron chi connectivity index (χ4n) is 2.86. The van der Waals surface area contributed by atoms with E-state index in [0.29, 0.717) is 27.9 Å². The highest BCUT2D eigenvalue weighted by atomic mass is 79.9. The van der Waals surface area contributed by atoms with E-state index >= 15 is 0 Å². The van der Waals surface area contributed by atoms with Crippen LogP contribution in [0, 0.1) is 0 Å². The number of aryl methyl sites for hydroxylation is 1. The van der Waals surface area contributed by atoms with Gasteiger partial charge < -0.3 is 5.32 Å². The molecule has 0 unspecified atom stereocenters. The number of aromatic nitrogens is 7. The molecule has 3 heterocycles. The molecule has 0 saturated heterocycles. The smallest absolute Gasteiger partial charge is 0.266 e. The molecule has 0 saturated carbocycles. The van der Waals surface area contributed by atoms with Gasteiger partial charge in [0.15, 0.2) is 5.65 Å². The normalized spacial score (nSPS) is 11.1. The lowest BCUT2D eigenvalue weighted by Gasteiger charge is -2.12. The van der Waals surface area contributed by atoms with Crippen molar-refractivity contribution in [3.63, 3.8) is 0 Å². The third-order valence-electron chi connectivity index (χ3n) is 4.17. The molecule has 0 fully saturated rings. The lowest BCUT2D eigenvalue weighted by Crippen LogP contribution is -2.28. The van der Waals surface area contributed by atoms with Crippen molar-refractivity contribution in [1.82, 2.24) is 34.1 Å². The number of nitrogens with zero attached hydrogens (tertiary/aromatic N) is 7. The number of carbonyl (C=O) groups is 1. The summed E-state index contributed by atoms with van der Waals surface area (Å²) in [5.74, 6) is -0.339. The number of halogens is 1. The number of benzene rings is 1. The van der Waals surface area contributed by atoms with E-state index in [2.05, 4.69) is 41.4 Å². The fraction of sp³-hybridized carbons (Fsp3) is 0.176. The Hall–Kier alpha value is -3.34. The summed E-state index contributed by atoms with van der Waals surface area (Å²) < 4.78 is 4.82. The molecule has 0 spiro atoms. The van der Waals surface area contributed by atoms with Crippen molar-refractivity contribution in [1.29, 1.82) is 0 Å². The lowest BCUT2D eigenvalue weighted by atomic mass is 10.1. The van der Waals surface area contributed by atoms with Gasteiger partial charge in [-0.05, 0) is 27.6 Å². The quantitative estimate of drug-likeness (QED) is 0.496. The summed E-state index contributed by atoms with van der Waals surface area (Å²) in [6, 6.07) is 7.40. The van der Waals surface area contributed by atoms with Gasteiger partial charge in [-0.3, -0.25) is 14.2 Å². The molecule has 0 aliphatic rings. The van der Waals surface area contributed by atoms with Crippen LogP contribution >= 0.6 is 15.9 Å². The second-order valence-corrected chi connectivity index (χ2v) is 6.84. The zero-order valence-electron chi connectivity index (χ0n) is 14.8. The second-order valence-electron chi connectivity index (χ2n) is 6.09. The Morgan fingerprint density at radius 3 is 2.86 bits per heavy atom. The molecule has 28 heavy (non-hydrogen) atoms.